The molecule has 3 nitrogen and oxygen atoms in total. The van der Waals surface area contributed by atoms with Crippen molar-refractivity contribution < 1.29 is 4.74 Å². The van der Waals surface area contributed by atoms with Crippen LogP contribution in [-0.2, 0) is 0 Å². The van der Waals surface area contributed by atoms with E-state index in [4.69, 9.17) is 27.9 Å². The van der Waals surface area contributed by atoms with Crippen molar-refractivity contribution in [3.05, 3.63) is 40.4 Å². The molecule has 0 atom stereocenters. The van der Waals surface area contributed by atoms with Crippen LogP contribution in [-0.4, -0.2) is 16.6 Å². The molecule has 0 unspecified atom stereocenters. The van der Waals surface area contributed by atoms with Crippen molar-refractivity contribution in [2.75, 3.05) is 6.61 Å². The number of nitrogens with zero attached hydrogens (tertiary/aromatic N) is 2. The van der Waals surface area contributed by atoms with Crippen molar-refractivity contribution in [3.63, 3.8) is 0 Å². The van der Waals surface area contributed by atoms with Gasteiger partial charge in [0.1, 0.15) is 11.3 Å². The van der Waals surface area contributed by atoms with Gasteiger partial charge in [0.05, 0.1) is 28.2 Å². The van der Waals surface area contributed by atoms with Crippen LogP contribution in [0.1, 0.15) is 6.92 Å². The molecule has 0 N–H and O–H groups in total. The molecule has 0 aliphatic carbocycles. The molecule has 0 bridgehead atoms. The van der Waals surface area contributed by atoms with Gasteiger partial charge in [-0.05, 0) is 31.2 Å². The normalized spacial score (nSPS) is 11.1. The number of hydrogen-bond acceptors (Lipinski definition) is 3. The van der Waals surface area contributed by atoms with Crippen molar-refractivity contribution in [1.82, 2.24) is 9.97 Å². The third kappa shape index (κ3) is 2.31. The Morgan fingerprint density at radius 2 is 1.84 bits per heavy atom. The Balaban J connectivity index is 2.29. The molecule has 0 saturated carbocycles. The topological polar surface area (TPSA) is 35.0 Å². The Morgan fingerprint density at radius 3 is 2.63 bits per heavy atom. The van der Waals surface area contributed by atoms with Crippen LogP contribution in [0.4, 0.5) is 0 Å². The summed E-state index contributed by atoms with van der Waals surface area (Å²) in [4.78, 5) is 9.04. The summed E-state index contributed by atoms with van der Waals surface area (Å²) < 4.78 is 5.45. The van der Waals surface area contributed by atoms with E-state index in [0.29, 0.717) is 27.7 Å². The molecule has 0 spiro atoms. The van der Waals surface area contributed by atoms with Crippen molar-refractivity contribution >= 4 is 45.3 Å². The van der Waals surface area contributed by atoms with Crippen molar-refractivity contribution in [1.29, 1.82) is 0 Å². The van der Waals surface area contributed by atoms with E-state index in [9.17, 15) is 0 Å². The predicted octanol–water partition coefficient (Wildman–Crippen LogP) is 4.49. The fourth-order valence-electron chi connectivity index (χ4n) is 1.94. The summed E-state index contributed by atoms with van der Waals surface area (Å²) in [5.41, 5.74) is 2.87. The fraction of sp³-hybridized carbons (Fsp3) is 0.143. The Kier molecular flexibility index (Phi) is 3.17. The zero-order valence-electron chi connectivity index (χ0n) is 10.2. The van der Waals surface area contributed by atoms with E-state index in [1.165, 1.54) is 0 Å². The lowest BCUT2D eigenvalue weighted by Gasteiger charge is -2.06. The van der Waals surface area contributed by atoms with Crippen LogP contribution in [0.25, 0.3) is 22.1 Å². The molecule has 19 heavy (non-hydrogen) atoms. The highest BCUT2D eigenvalue weighted by Gasteiger charge is 2.07. The molecule has 0 radical (unpaired) electrons. The molecule has 0 aliphatic heterocycles. The number of aromatic nitrogens is 2. The van der Waals surface area contributed by atoms with Gasteiger partial charge < -0.3 is 4.74 Å². The van der Waals surface area contributed by atoms with Crippen molar-refractivity contribution in [3.8, 4) is 5.75 Å². The van der Waals surface area contributed by atoms with Crippen LogP contribution in [0.15, 0.2) is 30.3 Å². The zero-order chi connectivity index (χ0) is 13.4. The molecule has 0 amide bonds. The predicted molar refractivity (Wildman–Crippen MR) is 78.2 cm³/mol. The average Bonchev–Trinajstić information content (AvgIpc) is 2.37. The Hall–Kier alpha value is -1.58. The standard InChI is InChI=1S/C14H10Cl2N2O/c1-2-19-9-3-4-11-12(7-9)18-14-10(16)5-8(15)6-13(14)17-11/h3-7H,2H2,1H3. The van der Waals surface area contributed by atoms with Gasteiger partial charge in [0.2, 0.25) is 0 Å². The first-order valence-electron chi connectivity index (χ1n) is 5.87. The van der Waals surface area contributed by atoms with E-state index in [0.717, 1.165) is 16.8 Å². The smallest absolute Gasteiger partial charge is 0.121 e. The number of rotatable bonds is 2. The fourth-order valence-corrected chi connectivity index (χ4v) is 2.47. The van der Waals surface area contributed by atoms with E-state index in [1.807, 2.05) is 25.1 Å². The number of halogens is 2. The first-order valence-corrected chi connectivity index (χ1v) is 6.62. The second-order valence-corrected chi connectivity index (χ2v) is 4.91. The highest BCUT2D eigenvalue weighted by atomic mass is 35.5. The maximum Gasteiger partial charge on any atom is 0.121 e. The monoisotopic (exact) mass is 292 g/mol. The van der Waals surface area contributed by atoms with Crippen LogP contribution in [0.2, 0.25) is 10.0 Å². The van der Waals surface area contributed by atoms with Crippen LogP contribution in [0.5, 0.6) is 5.75 Å². The van der Waals surface area contributed by atoms with Crippen molar-refractivity contribution in [2.45, 2.75) is 6.92 Å². The van der Waals surface area contributed by atoms with Gasteiger partial charge >= 0.3 is 0 Å². The molecule has 3 rings (SSSR count). The summed E-state index contributed by atoms with van der Waals surface area (Å²) in [6.45, 7) is 2.55. The highest BCUT2D eigenvalue weighted by Crippen LogP contribution is 2.28. The quantitative estimate of drug-likeness (QED) is 0.653. The van der Waals surface area contributed by atoms with Gasteiger partial charge in [-0.1, -0.05) is 23.2 Å². The molecule has 5 heteroatoms. The third-order valence-electron chi connectivity index (χ3n) is 2.74. The molecule has 0 fully saturated rings. The van der Waals surface area contributed by atoms with E-state index in [1.54, 1.807) is 12.1 Å². The summed E-state index contributed by atoms with van der Waals surface area (Å²) in [6.07, 6.45) is 0. The molecule has 0 aliphatic rings. The maximum absolute atomic E-state index is 6.15. The Labute approximate surface area is 120 Å². The molecule has 3 aromatic rings. The van der Waals surface area contributed by atoms with Crippen LogP contribution in [0, 0.1) is 0 Å². The molecule has 0 saturated heterocycles. The Bertz CT molecular complexity index is 774. The minimum absolute atomic E-state index is 0.499. The second-order valence-electron chi connectivity index (χ2n) is 4.06. The second kappa shape index (κ2) is 4.83. The zero-order valence-corrected chi connectivity index (χ0v) is 11.7. The van der Waals surface area contributed by atoms with Gasteiger partial charge in [0, 0.05) is 11.1 Å². The van der Waals surface area contributed by atoms with Gasteiger partial charge in [0.15, 0.2) is 0 Å². The van der Waals surface area contributed by atoms with Crippen LogP contribution in [0.3, 0.4) is 0 Å². The SMILES string of the molecule is CCOc1ccc2nc3cc(Cl)cc(Cl)c3nc2c1. The number of fused-ring (bicyclic) bond motifs is 2. The lowest BCUT2D eigenvalue weighted by atomic mass is 10.2. The van der Waals surface area contributed by atoms with Crippen molar-refractivity contribution in [2.24, 2.45) is 0 Å². The average molecular weight is 293 g/mol. The molecule has 1 heterocycles. The lowest BCUT2D eigenvalue weighted by Crippen LogP contribution is -1.93. The first-order chi connectivity index (χ1) is 9.17. The summed E-state index contributed by atoms with van der Waals surface area (Å²) in [5, 5.41) is 1.05. The summed E-state index contributed by atoms with van der Waals surface area (Å²) in [7, 11) is 0. The van der Waals surface area contributed by atoms with Gasteiger partial charge in [-0.3, -0.25) is 0 Å². The van der Waals surface area contributed by atoms with Gasteiger partial charge in [-0.25, -0.2) is 9.97 Å². The van der Waals surface area contributed by atoms with E-state index in [-0.39, 0.29) is 0 Å². The minimum Gasteiger partial charge on any atom is -0.494 e. The molecule has 1 aromatic heterocycles. The highest BCUT2D eigenvalue weighted by molar-refractivity contribution is 6.38. The third-order valence-corrected chi connectivity index (χ3v) is 3.25. The lowest BCUT2D eigenvalue weighted by molar-refractivity contribution is 0.340. The minimum atomic E-state index is 0.499. The van der Waals surface area contributed by atoms with Gasteiger partial charge in [-0.15, -0.1) is 0 Å². The summed E-state index contributed by atoms with van der Waals surface area (Å²) in [5.74, 6) is 0.772. The Morgan fingerprint density at radius 1 is 1.00 bits per heavy atom. The van der Waals surface area contributed by atoms with Crippen LogP contribution < -0.4 is 4.74 Å². The summed E-state index contributed by atoms with van der Waals surface area (Å²) in [6, 6.07) is 9.03. The number of ether oxygens (including phenoxy) is 1. The van der Waals surface area contributed by atoms with Gasteiger partial charge in [-0.2, -0.15) is 0 Å². The van der Waals surface area contributed by atoms with Gasteiger partial charge in [0.25, 0.3) is 0 Å². The van der Waals surface area contributed by atoms with E-state index in [2.05, 4.69) is 9.97 Å². The maximum atomic E-state index is 6.15. The largest absolute Gasteiger partial charge is 0.494 e. The van der Waals surface area contributed by atoms with E-state index < -0.39 is 0 Å². The molecule has 2 aromatic carbocycles. The molecular weight excluding hydrogens is 283 g/mol. The van der Waals surface area contributed by atoms with E-state index >= 15 is 0 Å². The summed E-state index contributed by atoms with van der Waals surface area (Å²) >= 11 is 12.1. The number of hydrogen-bond donors (Lipinski definition) is 0. The van der Waals surface area contributed by atoms with Crippen LogP contribution >= 0.6 is 23.2 Å². The molecular formula is C14H10Cl2N2O. The number of benzene rings is 2. The molecule has 96 valence electrons. The first kappa shape index (κ1) is 12.5.